The number of amides is 2. The molecule has 0 saturated heterocycles. The molecule has 0 aromatic carbocycles. The van der Waals surface area contributed by atoms with E-state index in [2.05, 4.69) is 15.6 Å². The van der Waals surface area contributed by atoms with Crippen molar-refractivity contribution in [2.24, 2.45) is 17.8 Å². The van der Waals surface area contributed by atoms with Gasteiger partial charge in [-0.15, -0.1) is 0 Å². The number of aromatic amines is 1. The van der Waals surface area contributed by atoms with Crippen LogP contribution in [0.3, 0.4) is 0 Å². The Balaban J connectivity index is 1.33. The van der Waals surface area contributed by atoms with E-state index in [-0.39, 0.29) is 23.9 Å². The highest BCUT2D eigenvalue weighted by Crippen LogP contribution is 2.55. The molecule has 1 heterocycles. The van der Waals surface area contributed by atoms with Gasteiger partial charge >= 0.3 is 0 Å². The van der Waals surface area contributed by atoms with Gasteiger partial charge in [0.05, 0.1) is 6.54 Å². The summed E-state index contributed by atoms with van der Waals surface area (Å²) in [6.45, 7) is 0.0552. The molecule has 0 aliphatic heterocycles. The SMILES string of the molecule is O=C(CNC(=O)c1ccc[nH]1)NC12CC3CC(CC(C3)C1)C2. The molecule has 3 N–H and O–H groups in total. The molecule has 4 saturated carbocycles. The lowest BCUT2D eigenvalue weighted by atomic mass is 9.53. The normalized spacial score (nSPS) is 35.4. The second-order valence-electron chi connectivity index (χ2n) is 7.51. The number of nitrogens with one attached hydrogen (secondary N) is 3. The van der Waals surface area contributed by atoms with E-state index in [9.17, 15) is 9.59 Å². The summed E-state index contributed by atoms with van der Waals surface area (Å²) in [4.78, 5) is 27.0. The fourth-order valence-electron chi connectivity index (χ4n) is 5.33. The largest absolute Gasteiger partial charge is 0.357 e. The first-order chi connectivity index (χ1) is 10.6. The van der Waals surface area contributed by atoms with Crippen LogP contribution in [0.2, 0.25) is 0 Å². The third-order valence-electron chi connectivity index (χ3n) is 5.69. The topological polar surface area (TPSA) is 74.0 Å². The van der Waals surface area contributed by atoms with Gasteiger partial charge in [0.15, 0.2) is 0 Å². The lowest BCUT2D eigenvalue weighted by molar-refractivity contribution is -0.125. The van der Waals surface area contributed by atoms with Crippen LogP contribution in [0.15, 0.2) is 18.3 Å². The minimum absolute atomic E-state index is 0.0169. The Morgan fingerprint density at radius 1 is 1.14 bits per heavy atom. The Morgan fingerprint density at radius 3 is 2.32 bits per heavy atom. The molecule has 5 nitrogen and oxygen atoms in total. The number of H-pyrrole nitrogens is 1. The van der Waals surface area contributed by atoms with Gasteiger partial charge < -0.3 is 15.6 Å². The Labute approximate surface area is 130 Å². The summed E-state index contributed by atoms with van der Waals surface area (Å²) in [5, 5.41) is 5.95. The summed E-state index contributed by atoms with van der Waals surface area (Å²) < 4.78 is 0. The van der Waals surface area contributed by atoms with Crippen LogP contribution in [0.5, 0.6) is 0 Å². The average molecular weight is 301 g/mol. The summed E-state index contributed by atoms with van der Waals surface area (Å²) in [5.41, 5.74) is 0.505. The van der Waals surface area contributed by atoms with E-state index >= 15 is 0 Å². The molecule has 4 fully saturated rings. The maximum Gasteiger partial charge on any atom is 0.268 e. The van der Waals surface area contributed by atoms with E-state index < -0.39 is 0 Å². The van der Waals surface area contributed by atoms with Gasteiger partial charge in [0.25, 0.3) is 5.91 Å². The van der Waals surface area contributed by atoms with Crippen molar-refractivity contribution in [3.63, 3.8) is 0 Å². The first kappa shape index (κ1) is 13.9. The number of rotatable bonds is 4. The van der Waals surface area contributed by atoms with Crippen molar-refractivity contribution >= 4 is 11.8 Å². The highest BCUT2D eigenvalue weighted by Gasteiger charge is 2.51. The smallest absolute Gasteiger partial charge is 0.268 e. The van der Waals surface area contributed by atoms with Crippen LogP contribution in [0.4, 0.5) is 0 Å². The highest BCUT2D eigenvalue weighted by molar-refractivity contribution is 5.95. The molecule has 5 heteroatoms. The summed E-state index contributed by atoms with van der Waals surface area (Å²) in [7, 11) is 0. The fraction of sp³-hybridized carbons (Fsp3) is 0.647. The molecule has 4 bridgehead atoms. The van der Waals surface area contributed by atoms with Crippen molar-refractivity contribution < 1.29 is 9.59 Å². The molecule has 1 aromatic heterocycles. The maximum absolute atomic E-state index is 12.3. The molecule has 4 aliphatic carbocycles. The monoisotopic (exact) mass is 301 g/mol. The number of aromatic nitrogens is 1. The summed E-state index contributed by atoms with van der Waals surface area (Å²) >= 11 is 0. The molecule has 1 aromatic rings. The van der Waals surface area contributed by atoms with Crippen LogP contribution in [-0.2, 0) is 4.79 Å². The second-order valence-corrected chi connectivity index (χ2v) is 7.51. The molecular weight excluding hydrogens is 278 g/mol. The average Bonchev–Trinajstić information content (AvgIpc) is 2.97. The third-order valence-corrected chi connectivity index (χ3v) is 5.69. The maximum atomic E-state index is 12.3. The minimum atomic E-state index is -0.231. The van der Waals surface area contributed by atoms with Gasteiger partial charge in [-0.25, -0.2) is 0 Å². The van der Waals surface area contributed by atoms with Crippen molar-refractivity contribution in [3.8, 4) is 0 Å². The van der Waals surface area contributed by atoms with Crippen LogP contribution in [0.1, 0.15) is 49.0 Å². The van der Waals surface area contributed by atoms with E-state index in [1.54, 1.807) is 18.3 Å². The molecule has 22 heavy (non-hydrogen) atoms. The number of carbonyl (C=O) groups is 2. The van der Waals surface area contributed by atoms with Crippen molar-refractivity contribution in [1.29, 1.82) is 0 Å². The van der Waals surface area contributed by atoms with Crippen LogP contribution < -0.4 is 10.6 Å². The zero-order chi connectivity index (χ0) is 15.2. The Bertz CT molecular complexity index is 543. The number of hydrogen-bond acceptors (Lipinski definition) is 2. The van der Waals surface area contributed by atoms with Crippen LogP contribution in [-0.4, -0.2) is 28.9 Å². The van der Waals surface area contributed by atoms with Gasteiger partial charge in [-0.2, -0.15) is 0 Å². The van der Waals surface area contributed by atoms with E-state index in [1.165, 1.54) is 19.3 Å². The fourth-order valence-corrected chi connectivity index (χ4v) is 5.33. The van der Waals surface area contributed by atoms with Crippen molar-refractivity contribution in [1.82, 2.24) is 15.6 Å². The quantitative estimate of drug-likeness (QED) is 0.794. The zero-order valence-corrected chi connectivity index (χ0v) is 12.7. The predicted molar refractivity (Wildman–Crippen MR) is 82.2 cm³/mol. The first-order valence-corrected chi connectivity index (χ1v) is 8.34. The van der Waals surface area contributed by atoms with E-state index in [0.29, 0.717) is 5.69 Å². The predicted octanol–water partition coefficient (Wildman–Crippen LogP) is 1.83. The standard InChI is InChI=1S/C17H23N3O2/c21-15(10-19-16(22)14-2-1-3-18-14)20-17-7-11-4-12(8-17)6-13(5-11)9-17/h1-3,11-13,18H,4-10H2,(H,19,22)(H,20,21). The van der Waals surface area contributed by atoms with Gasteiger partial charge in [0.2, 0.25) is 5.91 Å². The molecule has 5 rings (SSSR count). The number of carbonyl (C=O) groups excluding carboxylic acids is 2. The number of hydrogen-bond donors (Lipinski definition) is 3. The van der Waals surface area contributed by atoms with Gasteiger partial charge in [-0.1, -0.05) is 0 Å². The lowest BCUT2D eigenvalue weighted by Gasteiger charge is -2.56. The van der Waals surface area contributed by atoms with Crippen LogP contribution >= 0.6 is 0 Å². The summed E-state index contributed by atoms with van der Waals surface area (Å²) in [6.07, 6.45) is 9.18. The lowest BCUT2D eigenvalue weighted by Crippen LogP contribution is -2.61. The van der Waals surface area contributed by atoms with E-state index in [0.717, 1.165) is 37.0 Å². The molecule has 0 spiro atoms. The van der Waals surface area contributed by atoms with E-state index in [4.69, 9.17) is 0 Å². The van der Waals surface area contributed by atoms with Gasteiger partial charge in [-0.3, -0.25) is 9.59 Å². The Kier molecular flexibility index (Phi) is 3.24. The second kappa shape index (κ2) is 5.14. The molecule has 118 valence electrons. The van der Waals surface area contributed by atoms with Gasteiger partial charge in [0, 0.05) is 11.7 Å². The van der Waals surface area contributed by atoms with Crippen molar-refractivity contribution in [2.45, 2.75) is 44.1 Å². The van der Waals surface area contributed by atoms with Crippen molar-refractivity contribution in [3.05, 3.63) is 24.0 Å². The third kappa shape index (κ3) is 2.53. The molecule has 2 amide bonds. The molecule has 4 aliphatic rings. The molecular formula is C17H23N3O2. The summed E-state index contributed by atoms with van der Waals surface area (Å²) in [6, 6.07) is 3.47. The highest BCUT2D eigenvalue weighted by atomic mass is 16.2. The zero-order valence-electron chi connectivity index (χ0n) is 12.7. The first-order valence-electron chi connectivity index (χ1n) is 8.34. The minimum Gasteiger partial charge on any atom is -0.357 e. The van der Waals surface area contributed by atoms with Gasteiger partial charge in [-0.05, 0) is 68.4 Å². The Morgan fingerprint density at radius 2 is 1.77 bits per heavy atom. The molecule has 0 radical (unpaired) electrons. The van der Waals surface area contributed by atoms with Gasteiger partial charge in [0.1, 0.15) is 5.69 Å². The molecule has 0 atom stereocenters. The van der Waals surface area contributed by atoms with Crippen molar-refractivity contribution in [2.75, 3.05) is 6.54 Å². The Hall–Kier alpha value is -1.78. The van der Waals surface area contributed by atoms with E-state index in [1.807, 2.05) is 0 Å². The summed E-state index contributed by atoms with van der Waals surface area (Å²) in [5.74, 6) is 2.13. The van der Waals surface area contributed by atoms with Crippen LogP contribution in [0, 0.1) is 17.8 Å². The van der Waals surface area contributed by atoms with Crippen LogP contribution in [0.25, 0.3) is 0 Å². The molecule has 0 unspecified atom stereocenters.